The molecule has 0 aliphatic rings. The maximum Gasteiger partial charge on any atom is 0.340 e. The standard InChI is InChI=1S/C14H18N4O2S/c1-8(2)18-7-15-5-11(18)6-21-13-12(14(19)20)9(3)16-10(4)17-13/h5,7-8H,6H2,1-4H3,(H,19,20). The molecule has 0 aliphatic heterocycles. The largest absolute Gasteiger partial charge is 0.478 e. The molecule has 2 aromatic rings. The molecule has 6 nitrogen and oxygen atoms in total. The van der Waals surface area contributed by atoms with Gasteiger partial charge in [-0.05, 0) is 27.7 Å². The molecule has 2 aromatic heterocycles. The third-order valence-electron chi connectivity index (χ3n) is 3.04. The van der Waals surface area contributed by atoms with Crippen LogP contribution in [0.5, 0.6) is 0 Å². The van der Waals surface area contributed by atoms with Gasteiger partial charge in [0.15, 0.2) is 0 Å². The van der Waals surface area contributed by atoms with Gasteiger partial charge in [-0.25, -0.2) is 19.7 Å². The average molecular weight is 306 g/mol. The predicted octanol–water partition coefficient (Wildman–Crippen LogP) is 2.86. The smallest absolute Gasteiger partial charge is 0.340 e. The number of imidazole rings is 1. The molecule has 7 heteroatoms. The summed E-state index contributed by atoms with van der Waals surface area (Å²) >= 11 is 1.40. The number of aromatic carboxylic acids is 1. The van der Waals surface area contributed by atoms with Gasteiger partial charge >= 0.3 is 5.97 Å². The van der Waals surface area contributed by atoms with Crippen LogP contribution in [0.25, 0.3) is 0 Å². The van der Waals surface area contributed by atoms with Crippen molar-refractivity contribution in [2.45, 2.75) is 44.5 Å². The quantitative estimate of drug-likeness (QED) is 0.676. The Hall–Kier alpha value is -1.89. The van der Waals surface area contributed by atoms with Crippen LogP contribution >= 0.6 is 11.8 Å². The highest BCUT2D eigenvalue weighted by atomic mass is 32.2. The Balaban J connectivity index is 2.28. The molecule has 0 unspecified atom stereocenters. The Labute approximate surface area is 127 Å². The van der Waals surface area contributed by atoms with Gasteiger partial charge in [0.25, 0.3) is 0 Å². The number of nitrogens with zero attached hydrogens (tertiary/aromatic N) is 4. The molecule has 0 saturated carbocycles. The van der Waals surface area contributed by atoms with Crippen LogP contribution in [0.2, 0.25) is 0 Å². The number of carboxylic acid groups (broad SMARTS) is 1. The van der Waals surface area contributed by atoms with E-state index in [-0.39, 0.29) is 5.56 Å². The lowest BCUT2D eigenvalue weighted by Crippen LogP contribution is -2.09. The Morgan fingerprint density at radius 1 is 1.38 bits per heavy atom. The summed E-state index contributed by atoms with van der Waals surface area (Å²) in [6.45, 7) is 7.62. The van der Waals surface area contributed by atoms with Crippen LogP contribution in [-0.2, 0) is 5.75 Å². The summed E-state index contributed by atoms with van der Waals surface area (Å²) in [6.07, 6.45) is 3.59. The average Bonchev–Trinajstić information content (AvgIpc) is 2.83. The van der Waals surface area contributed by atoms with Gasteiger partial charge in [-0.2, -0.15) is 0 Å². The molecule has 0 aliphatic carbocycles. The van der Waals surface area contributed by atoms with Crippen molar-refractivity contribution in [3.8, 4) is 0 Å². The number of hydrogen-bond acceptors (Lipinski definition) is 5. The van der Waals surface area contributed by atoms with Crippen molar-refractivity contribution in [1.29, 1.82) is 0 Å². The maximum absolute atomic E-state index is 11.4. The number of rotatable bonds is 5. The van der Waals surface area contributed by atoms with Crippen LogP contribution in [0.3, 0.4) is 0 Å². The fraction of sp³-hybridized carbons (Fsp3) is 0.429. The first kappa shape index (κ1) is 15.5. The van der Waals surface area contributed by atoms with E-state index in [1.165, 1.54) is 11.8 Å². The van der Waals surface area contributed by atoms with Gasteiger partial charge in [0.1, 0.15) is 16.4 Å². The third kappa shape index (κ3) is 3.41. The molecule has 0 saturated heterocycles. The van der Waals surface area contributed by atoms with Crippen LogP contribution in [0.1, 0.15) is 47.5 Å². The zero-order valence-corrected chi connectivity index (χ0v) is 13.3. The van der Waals surface area contributed by atoms with Crippen LogP contribution < -0.4 is 0 Å². The van der Waals surface area contributed by atoms with Crippen LogP contribution in [0.4, 0.5) is 0 Å². The van der Waals surface area contributed by atoms with Crippen molar-refractivity contribution in [2.24, 2.45) is 0 Å². The minimum absolute atomic E-state index is 0.182. The summed E-state index contributed by atoms with van der Waals surface area (Å²) in [7, 11) is 0. The molecular weight excluding hydrogens is 288 g/mol. The van der Waals surface area contributed by atoms with Gasteiger partial charge in [0.2, 0.25) is 0 Å². The topological polar surface area (TPSA) is 80.9 Å². The summed E-state index contributed by atoms with van der Waals surface area (Å²) in [6, 6.07) is 0.316. The van der Waals surface area contributed by atoms with Crippen molar-refractivity contribution < 1.29 is 9.90 Å². The SMILES string of the molecule is Cc1nc(C)c(C(=O)O)c(SCc2cncn2C(C)C)n1. The van der Waals surface area contributed by atoms with Crippen LogP contribution in [-0.4, -0.2) is 30.6 Å². The Morgan fingerprint density at radius 3 is 2.71 bits per heavy atom. The van der Waals surface area contributed by atoms with E-state index in [0.29, 0.717) is 28.3 Å². The van der Waals surface area contributed by atoms with Gasteiger partial charge < -0.3 is 9.67 Å². The van der Waals surface area contributed by atoms with Crippen molar-refractivity contribution in [3.63, 3.8) is 0 Å². The lowest BCUT2D eigenvalue weighted by molar-refractivity contribution is 0.0690. The molecular formula is C14H18N4O2S. The van der Waals surface area contributed by atoms with E-state index in [0.717, 1.165) is 5.69 Å². The van der Waals surface area contributed by atoms with Crippen molar-refractivity contribution in [2.75, 3.05) is 0 Å². The second-order valence-electron chi connectivity index (χ2n) is 5.02. The number of aryl methyl sites for hydroxylation is 2. The summed E-state index contributed by atoms with van der Waals surface area (Å²) < 4.78 is 2.06. The van der Waals surface area contributed by atoms with Gasteiger partial charge in [-0.1, -0.05) is 11.8 Å². The van der Waals surface area contributed by atoms with E-state index < -0.39 is 5.97 Å². The molecule has 21 heavy (non-hydrogen) atoms. The van der Waals surface area contributed by atoms with Gasteiger partial charge in [0, 0.05) is 23.7 Å². The van der Waals surface area contributed by atoms with Crippen molar-refractivity contribution in [3.05, 3.63) is 35.3 Å². The first-order valence-corrected chi connectivity index (χ1v) is 7.60. The highest BCUT2D eigenvalue weighted by molar-refractivity contribution is 7.98. The lowest BCUT2D eigenvalue weighted by Gasteiger charge is -2.12. The zero-order valence-electron chi connectivity index (χ0n) is 12.5. The fourth-order valence-corrected chi connectivity index (χ4v) is 3.17. The number of carboxylic acids is 1. The lowest BCUT2D eigenvalue weighted by atomic mass is 10.2. The summed E-state index contributed by atoms with van der Waals surface area (Å²) in [5.74, 6) is 0.207. The van der Waals surface area contributed by atoms with E-state index in [9.17, 15) is 9.90 Å². The fourth-order valence-electron chi connectivity index (χ4n) is 2.08. The monoisotopic (exact) mass is 306 g/mol. The number of thioether (sulfide) groups is 1. The number of aromatic nitrogens is 4. The van der Waals surface area contributed by atoms with Crippen LogP contribution in [0, 0.1) is 13.8 Å². The Bertz CT molecular complexity index is 667. The summed E-state index contributed by atoms with van der Waals surface area (Å²) in [5, 5.41) is 9.83. The molecule has 0 spiro atoms. The minimum Gasteiger partial charge on any atom is -0.478 e. The van der Waals surface area contributed by atoms with E-state index in [4.69, 9.17) is 0 Å². The maximum atomic E-state index is 11.4. The molecule has 2 heterocycles. The predicted molar refractivity (Wildman–Crippen MR) is 80.6 cm³/mol. The molecule has 0 atom stereocenters. The molecule has 0 aromatic carbocycles. The normalized spacial score (nSPS) is 11.1. The van der Waals surface area contributed by atoms with Crippen LogP contribution in [0.15, 0.2) is 17.6 Å². The number of carbonyl (C=O) groups is 1. The van der Waals surface area contributed by atoms with E-state index in [1.807, 2.05) is 0 Å². The molecule has 112 valence electrons. The molecule has 0 fully saturated rings. The van der Waals surface area contributed by atoms with E-state index in [2.05, 4.69) is 33.4 Å². The highest BCUT2D eigenvalue weighted by Crippen LogP contribution is 2.27. The highest BCUT2D eigenvalue weighted by Gasteiger charge is 2.18. The van der Waals surface area contributed by atoms with Gasteiger partial charge in [-0.15, -0.1) is 0 Å². The van der Waals surface area contributed by atoms with E-state index >= 15 is 0 Å². The Kier molecular flexibility index (Phi) is 4.62. The first-order valence-electron chi connectivity index (χ1n) is 6.62. The second kappa shape index (κ2) is 6.26. The Morgan fingerprint density at radius 2 is 2.10 bits per heavy atom. The number of hydrogen-bond donors (Lipinski definition) is 1. The molecule has 1 N–H and O–H groups in total. The zero-order chi connectivity index (χ0) is 15.6. The van der Waals surface area contributed by atoms with Crippen molar-refractivity contribution in [1.82, 2.24) is 19.5 Å². The molecule has 0 radical (unpaired) electrons. The van der Waals surface area contributed by atoms with Gasteiger partial charge in [-0.3, -0.25) is 0 Å². The first-order chi connectivity index (χ1) is 9.90. The summed E-state index contributed by atoms with van der Waals surface area (Å²) in [5.41, 5.74) is 1.72. The molecule has 0 bridgehead atoms. The summed E-state index contributed by atoms with van der Waals surface area (Å²) in [4.78, 5) is 23.9. The van der Waals surface area contributed by atoms with Gasteiger partial charge in [0.05, 0.1) is 12.0 Å². The van der Waals surface area contributed by atoms with Crippen molar-refractivity contribution >= 4 is 17.7 Å². The molecule has 2 rings (SSSR count). The second-order valence-corrected chi connectivity index (χ2v) is 5.98. The molecule has 0 amide bonds. The third-order valence-corrected chi connectivity index (χ3v) is 4.05. The van der Waals surface area contributed by atoms with E-state index in [1.54, 1.807) is 26.4 Å². The minimum atomic E-state index is -0.993.